The van der Waals surface area contributed by atoms with E-state index in [1.807, 2.05) is 24.3 Å². The maximum Gasteiger partial charge on any atom is 0.329 e. The third-order valence-corrected chi connectivity index (χ3v) is 7.04. The summed E-state index contributed by atoms with van der Waals surface area (Å²) in [4.78, 5) is 57.7. The summed E-state index contributed by atoms with van der Waals surface area (Å²) < 4.78 is 10.6. The molecule has 3 heterocycles. The number of carbonyl (C=O) groups is 4. The van der Waals surface area contributed by atoms with Gasteiger partial charge in [-0.2, -0.15) is 0 Å². The molecule has 1 fully saturated rings. The Balaban J connectivity index is 1.21. The number of rotatable bonds is 8. The van der Waals surface area contributed by atoms with Crippen molar-refractivity contribution in [2.45, 2.75) is 12.5 Å². The highest BCUT2D eigenvalue weighted by Gasteiger charge is 2.29. The molecule has 4 aromatic rings. The molecule has 1 saturated heterocycles. The van der Waals surface area contributed by atoms with Crippen LogP contribution in [-0.4, -0.2) is 77.3 Å². The van der Waals surface area contributed by atoms with Crippen LogP contribution in [0.4, 0.5) is 0 Å². The SMILES string of the molecule is O=C(N[C@@H](Cc1c[nH]c2ccccc12)C(=O)OCC(=O)N1CCN(C(=O)c2ccco2)CC1)c1ccc(Cl)cc1. The summed E-state index contributed by atoms with van der Waals surface area (Å²) in [5.74, 6) is -1.57. The lowest BCUT2D eigenvalue weighted by Gasteiger charge is -2.34. The van der Waals surface area contributed by atoms with E-state index in [9.17, 15) is 19.2 Å². The van der Waals surface area contributed by atoms with Gasteiger partial charge in [0.1, 0.15) is 6.04 Å². The number of piperazine rings is 1. The largest absolute Gasteiger partial charge is 0.459 e. The Morgan fingerprint density at radius 2 is 1.68 bits per heavy atom. The number of ether oxygens (including phenoxy) is 1. The van der Waals surface area contributed by atoms with E-state index in [0.717, 1.165) is 16.5 Å². The number of carbonyl (C=O) groups excluding carboxylic acids is 4. The standard InChI is InChI=1S/C29H27ClN4O6/c30-21-9-7-19(8-10-21)27(36)32-24(16-20-17-31-23-5-2-1-4-22(20)23)29(38)40-18-26(35)33-11-13-34(14-12-33)28(37)25-6-3-15-39-25/h1-10,15,17,24,31H,11-14,16,18H2,(H,32,36)/t24-/m0/s1. The second-order valence-electron chi connectivity index (χ2n) is 9.35. The highest BCUT2D eigenvalue weighted by atomic mass is 35.5. The summed E-state index contributed by atoms with van der Waals surface area (Å²) in [7, 11) is 0. The first-order valence-electron chi connectivity index (χ1n) is 12.8. The predicted octanol–water partition coefficient (Wildman–Crippen LogP) is 3.28. The quantitative estimate of drug-likeness (QED) is 0.318. The Labute approximate surface area is 234 Å². The number of esters is 1. The van der Waals surface area contributed by atoms with Crippen LogP contribution >= 0.6 is 11.6 Å². The molecular formula is C29H27ClN4O6. The third-order valence-electron chi connectivity index (χ3n) is 6.78. The Kier molecular flexibility index (Phi) is 8.16. The first-order chi connectivity index (χ1) is 19.4. The van der Waals surface area contributed by atoms with Gasteiger partial charge in [-0.15, -0.1) is 0 Å². The van der Waals surface area contributed by atoms with E-state index in [-0.39, 0.29) is 24.0 Å². The summed E-state index contributed by atoms with van der Waals surface area (Å²) in [5.41, 5.74) is 2.05. The minimum Gasteiger partial charge on any atom is -0.459 e. The fourth-order valence-corrected chi connectivity index (χ4v) is 4.72. The van der Waals surface area contributed by atoms with Gasteiger partial charge in [-0.1, -0.05) is 29.8 Å². The molecule has 1 atom stereocenters. The molecule has 1 aliphatic heterocycles. The monoisotopic (exact) mass is 562 g/mol. The number of nitrogens with one attached hydrogen (secondary N) is 2. The van der Waals surface area contributed by atoms with Crippen molar-refractivity contribution in [1.29, 1.82) is 0 Å². The lowest BCUT2D eigenvalue weighted by Crippen LogP contribution is -2.52. The first kappa shape index (κ1) is 27.0. The Hall–Kier alpha value is -4.57. The van der Waals surface area contributed by atoms with Crippen LogP contribution < -0.4 is 5.32 Å². The van der Waals surface area contributed by atoms with E-state index in [1.165, 1.54) is 6.26 Å². The zero-order valence-electron chi connectivity index (χ0n) is 21.5. The second kappa shape index (κ2) is 12.1. The molecule has 40 heavy (non-hydrogen) atoms. The number of H-pyrrole nitrogens is 1. The molecule has 2 aromatic carbocycles. The van der Waals surface area contributed by atoms with E-state index < -0.39 is 24.5 Å². The fraction of sp³-hybridized carbons (Fsp3) is 0.241. The molecule has 1 aliphatic rings. The van der Waals surface area contributed by atoms with Gasteiger partial charge in [-0.05, 0) is 48.0 Å². The van der Waals surface area contributed by atoms with Gasteiger partial charge >= 0.3 is 5.97 Å². The second-order valence-corrected chi connectivity index (χ2v) is 9.79. The minimum atomic E-state index is -1.04. The normalized spacial score (nSPS) is 14.1. The molecule has 11 heteroatoms. The van der Waals surface area contributed by atoms with Gasteiger partial charge in [-0.3, -0.25) is 14.4 Å². The van der Waals surface area contributed by atoms with Crippen LogP contribution in [0.3, 0.4) is 0 Å². The van der Waals surface area contributed by atoms with E-state index in [2.05, 4.69) is 10.3 Å². The lowest BCUT2D eigenvalue weighted by molar-refractivity contribution is -0.154. The molecule has 5 rings (SSSR count). The van der Waals surface area contributed by atoms with Crippen molar-refractivity contribution < 1.29 is 28.3 Å². The third kappa shape index (κ3) is 6.18. The smallest absolute Gasteiger partial charge is 0.329 e. The maximum absolute atomic E-state index is 13.2. The van der Waals surface area contributed by atoms with E-state index in [4.69, 9.17) is 20.8 Å². The van der Waals surface area contributed by atoms with Crippen molar-refractivity contribution in [2.75, 3.05) is 32.8 Å². The molecule has 0 bridgehead atoms. The summed E-state index contributed by atoms with van der Waals surface area (Å²) in [6.07, 6.45) is 3.38. The fourth-order valence-electron chi connectivity index (χ4n) is 4.60. The van der Waals surface area contributed by atoms with Crippen molar-refractivity contribution in [3.8, 4) is 0 Å². The van der Waals surface area contributed by atoms with Crippen molar-refractivity contribution in [2.24, 2.45) is 0 Å². The Bertz CT molecular complexity index is 1510. The molecule has 0 unspecified atom stereocenters. The lowest BCUT2D eigenvalue weighted by atomic mass is 10.0. The average molecular weight is 563 g/mol. The number of aromatic amines is 1. The van der Waals surface area contributed by atoms with Crippen molar-refractivity contribution >= 4 is 46.2 Å². The first-order valence-corrected chi connectivity index (χ1v) is 13.2. The number of hydrogen-bond acceptors (Lipinski definition) is 6. The van der Waals surface area contributed by atoms with E-state index in [0.29, 0.717) is 36.8 Å². The summed E-state index contributed by atoms with van der Waals surface area (Å²) >= 11 is 5.94. The molecule has 0 aliphatic carbocycles. The molecule has 3 amide bonds. The van der Waals surface area contributed by atoms with E-state index in [1.54, 1.807) is 52.4 Å². The van der Waals surface area contributed by atoms with Crippen LogP contribution in [0.2, 0.25) is 5.02 Å². The number of furan rings is 1. The van der Waals surface area contributed by atoms with Crippen LogP contribution in [0.5, 0.6) is 0 Å². The van der Waals surface area contributed by atoms with Crippen molar-refractivity contribution in [3.63, 3.8) is 0 Å². The summed E-state index contributed by atoms with van der Waals surface area (Å²) in [6, 6.07) is 16.1. The Morgan fingerprint density at radius 3 is 2.40 bits per heavy atom. The van der Waals surface area contributed by atoms with Gasteiger partial charge in [0.25, 0.3) is 17.7 Å². The Morgan fingerprint density at radius 1 is 0.950 bits per heavy atom. The number of nitrogens with zero attached hydrogens (tertiary/aromatic N) is 2. The number of benzene rings is 2. The number of amides is 3. The zero-order chi connectivity index (χ0) is 28.1. The van der Waals surface area contributed by atoms with Crippen LogP contribution in [0.1, 0.15) is 26.5 Å². The number of hydrogen-bond donors (Lipinski definition) is 2. The summed E-state index contributed by atoms with van der Waals surface area (Å²) in [6.45, 7) is 0.787. The van der Waals surface area contributed by atoms with Crippen LogP contribution in [-0.2, 0) is 20.7 Å². The van der Waals surface area contributed by atoms with Gasteiger partial charge in [0, 0.05) is 60.3 Å². The predicted molar refractivity (Wildman–Crippen MR) is 147 cm³/mol. The van der Waals surface area contributed by atoms with Gasteiger partial charge in [0.2, 0.25) is 0 Å². The van der Waals surface area contributed by atoms with Gasteiger partial charge < -0.3 is 29.3 Å². The highest BCUT2D eigenvalue weighted by Crippen LogP contribution is 2.20. The zero-order valence-corrected chi connectivity index (χ0v) is 22.2. The average Bonchev–Trinajstić information content (AvgIpc) is 3.66. The molecule has 0 radical (unpaired) electrons. The number of halogens is 1. The molecular weight excluding hydrogens is 536 g/mol. The number of aromatic nitrogens is 1. The molecule has 2 N–H and O–H groups in total. The molecule has 0 saturated carbocycles. The highest BCUT2D eigenvalue weighted by molar-refractivity contribution is 6.30. The topological polar surface area (TPSA) is 125 Å². The minimum absolute atomic E-state index is 0.157. The van der Waals surface area contributed by atoms with E-state index >= 15 is 0 Å². The summed E-state index contributed by atoms with van der Waals surface area (Å²) in [5, 5.41) is 4.14. The van der Waals surface area contributed by atoms with Crippen LogP contribution in [0, 0.1) is 0 Å². The maximum atomic E-state index is 13.2. The molecule has 0 spiro atoms. The van der Waals surface area contributed by atoms with Gasteiger partial charge in [-0.25, -0.2) is 4.79 Å². The molecule has 2 aromatic heterocycles. The number of fused-ring (bicyclic) bond motifs is 1. The van der Waals surface area contributed by atoms with Crippen molar-refractivity contribution in [1.82, 2.24) is 20.1 Å². The van der Waals surface area contributed by atoms with Crippen LogP contribution in [0.25, 0.3) is 10.9 Å². The van der Waals surface area contributed by atoms with Crippen molar-refractivity contribution in [3.05, 3.63) is 95.0 Å². The molecule has 10 nitrogen and oxygen atoms in total. The molecule has 206 valence electrons. The van der Waals surface area contributed by atoms with Gasteiger partial charge in [0.05, 0.1) is 6.26 Å². The van der Waals surface area contributed by atoms with Gasteiger partial charge in [0.15, 0.2) is 12.4 Å². The van der Waals surface area contributed by atoms with Crippen LogP contribution in [0.15, 0.2) is 77.5 Å². The number of para-hydroxylation sites is 1.